The maximum Gasteiger partial charge on any atom is 0.244 e. The van der Waals surface area contributed by atoms with Gasteiger partial charge in [0, 0.05) is 25.4 Å². The minimum Gasteiger partial charge on any atom is -0.354 e. The van der Waals surface area contributed by atoms with Gasteiger partial charge in [-0.1, -0.05) is 13.3 Å². The van der Waals surface area contributed by atoms with E-state index in [1.807, 2.05) is 0 Å². The highest BCUT2D eigenvalue weighted by Crippen LogP contribution is 2.08. The summed E-state index contributed by atoms with van der Waals surface area (Å²) in [6.45, 7) is 2.70. The van der Waals surface area contributed by atoms with Crippen LogP contribution in [0, 0.1) is 0 Å². The molecule has 0 radical (unpaired) electrons. The molecule has 1 unspecified atom stereocenters. The van der Waals surface area contributed by atoms with Crippen LogP contribution in [0.1, 0.15) is 36.7 Å². The molecule has 0 spiro atoms. The number of carbonyl (C=O) groups excluding carboxylic acids is 2. The monoisotopic (exact) mass is 275 g/mol. The number of rotatable bonds is 6. The third-order valence-electron chi connectivity index (χ3n) is 2.96. The van der Waals surface area contributed by atoms with E-state index in [0.29, 0.717) is 12.3 Å². The maximum absolute atomic E-state index is 12.1. The summed E-state index contributed by atoms with van der Waals surface area (Å²) in [5, 5.41) is 6.74. The van der Waals surface area contributed by atoms with Crippen molar-refractivity contribution in [3.05, 3.63) is 24.3 Å². The average molecular weight is 275 g/mol. The molecule has 7 heteroatoms. The van der Waals surface area contributed by atoms with Gasteiger partial charge in [-0.25, -0.2) is 4.98 Å². The zero-order chi connectivity index (χ0) is 14.4. The van der Waals surface area contributed by atoms with Crippen LogP contribution in [0.4, 0.5) is 0 Å². The summed E-state index contributed by atoms with van der Waals surface area (Å²) in [5.41, 5.74) is 3.23. The first-order valence-electron chi connectivity index (χ1n) is 6.63. The highest BCUT2D eigenvalue weighted by atomic mass is 16.2. The van der Waals surface area contributed by atoms with Gasteiger partial charge in [0.25, 0.3) is 0 Å². The standard InChI is InChI=1S/C13H17N5O2/c1-2-3-4-16-13(20)10-7-9(17-18-10)12(19)11-8-14-5-6-15-11/h5-6,8,10,18H,2-4,7H2,1H3,(H,16,20). The van der Waals surface area contributed by atoms with E-state index in [2.05, 4.69) is 32.7 Å². The molecule has 0 aliphatic carbocycles. The summed E-state index contributed by atoms with van der Waals surface area (Å²) in [4.78, 5) is 31.7. The Bertz CT molecular complexity index is 515. The molecule has 0 fully saturated rings. The fraction of sp³-hybridized carbons (Fsp3) is 0.462. The van der Waals surface area contributed by atoms with Crippen molar-refractivity contribution in [2.45, 2.75) is 32.2 Å². The second-order valence-corrected chi connectivity index (χ2v) is 4.51. The average Bonchev–Trinajstić information content (AvgIpc) is 2.97. The molecule has 1 aromatic rings. The third kappa shape index (κ3) is 3.37. The smallest absolute Gasteiger partial charge is 0.244 e. The Hall–Kier alpha value is -2.31. The number of hydrogen-bond donors (Lipinski definition) is 2. The number of amides is 1. The molecular weight excluding hydrogens is 258 g/mol. The first kappa shape index (κ1) is 14.1. The number of aromatic nitrogens is 2. The van der Waals surface area contributed by atoms with Crippen LogP contribution >= 0.6 is 0 Å². The van der Waals surface area contributed by atoms with E-state index in [9.17, 15) is 9.59 Å². The first-order valence-corrected chi connectivity index (χ1v) is 6.63. The van der Waals surface area contributed by atoms with Crippen molar-refractivity contribution in [1.29, 1.82) is 0 Å². The van der Waals surface area contributed by atoms with Crippen molar-refractivity contribution in [1.82, 2.24) is 20.7 Å². The molecule has 1 aromatic heterocycles. The lowest BCUT2D eigenvalue weighted by atomic mass is 10.1. The minimum absolute atomic E-state index is 0.135. The van der Waals surface area contributed by atoms with Gasteiger partial charge in [-0.15, -0.1) is 0 Å². The van der Waals surface area contributed by atoms with Gasteiger partial charge in [0.2, 0.25) is 11.7 Å². The van der Waals surface area contributed by atoms with E-state index in [1.54, 1.807) is 0 Å². The molecule has 2 N–H and O–H groups in total. The lowest BCUT2D eigenvalue weighted by Crippen LogP contribution is -2.40. The Morgan fingerprint density at radius 1 is 1.45 bits per heavy atom. The zero-order valence-corrected chi connectivity index (χ0v) is 11.3. The molecule has 2 rings (SSSR count). The Morgan fingerprint density at radius 2 is 2.30 bits per heavy atom. The molecular formula is C13H17N5O2. The number of carbonyl (C=O) groups is 2. The molecule has 20 heavy (non-hydrogen) atoms. The first-order chi connectivity index (χ1) is 9.72. The Labute approximate surface area is 116 Å². The van der Waals surface area contributed by atoms with E-state index in [0.717, 1.165) is 12.8 Å². The summed E-state index contributed by atoms with van der Waals surface area (Å²) < 4.78 is 0. The van der Waals surface area contributed by atoms with Crippen LogP contribution in [-0.4, -0.2) is 40.0 Å². The topological polar surface area (TPSA) is 96.3 Å². The zero-order valence-electron chi connectivity index (χ0n) is 11.3. The second-order valence-electron chi connectivity index (χ2n) is 4.51. The van der Waals surface area contributed by atoms with E-state index >= 15 is 0 Å². The highest BCUT2D eigenvalue weighted by molar-refractivity contribution is 6.46. The Morgan fingerprint density at radius 3 is 3.00 bits per heavy atom. The lowest BCUT2D eigenvalue weighted by molar-refractivity contribution is -0.122. The fourth-order valence-electron chi connectivity index (χ4n) is 1.81. The summed E-state index contributed by atoms with van der Waals surface area (Å²) >= 11 is 0. The molecule has 0 bridgehead atoms. The molecule has 7 nitrogen and oxygen atoms in total. The van der Waals surface area contributed by atoms with Crippen molar-refractivity contribution in [2.24, 2.45) is 5.10 Å². The van der Waals surface area contributed by atoms with E-state index < -0.39 is 6.04 Å². The van der Waals surface area contributed by atoms with Crippen molar-refractivity contribution < 1.29 is 9.59 Å². The number of Topliss-reactive ketones (excluding diaryl/α,β-unsaturated/α-hetero) is 1. The molecule has 1 aliphatic heterocycles. The molecule has 0 saturated carbocycles. The SMILES string of the molecule is CCCCNC(=O)C1CC(C(=O)c2cnccn2)=NN1. The molecule has 0 aromatic carbocycles. The number of ketones is 1. The second kappa shape index (κ2) is 6.74. The molecule has 1 amide bonds. The summed E-state index contributed by atoms with van der Waals surface area (Å²) in [6, 6.07) is -0.484. The quantitative estimate of drug-likeness (QED) is 0.574. The number of hydrazone groups is 1. The van der Waals surface area contributed by atoms with Gasteiger partial charge in [-0.2, -0.15) is 5.10 Å². The number of hydrogen-bond acceptors (Lipinski definition) is 6. The number of nitrogens with zero attached hydrogens (tertiary/aromatic N) is 3. The largest absolute Gasteiger partial charge is 0.354 e. The van der Waals surface area contributed by atoms with Crippen molar-refractivity contribution in [2.75, 3.05) is 6.54 Å². The summed E-state index contributed by atoms with van der Waals surface area (Å²) in [6.07, 6.45) is 6.56. The highest BCUT2D eigenvalue weighted by Gasteiger charge is 2.29. The van der Waals surface area contributed by atoms with Crippen molar-refractivity contribution in [3.8, 4) is 0 Å². The van der Waals surface area contributed by atoms with E-state index in [4.69, 9.17) is 0 Å². The Kier molecular flexibility index (Phi) is 4.75. The van der Waals surface area contributed by atoms with Crippen molar-refractivity contribution >= 4 is 17.4 Å². The van der Waals surface area contributed by atoms with Gasteiger partial charge >= 0.3 is 0 Å². The lowest BCUT2D eigenvalue weighted by Gasteiger charge is -2.09. The number of unbranched alkanes of at least 4 members (excludes halogenated alkanes) is 1. The van der Waals surface area contributed by atoms with Crippen LogP contribution in [0.15, 0.2) is 23.7 Å². The van der Waals surface area contributed by atoms with Crippen LogP contribution in [0.25, 0.3) is 0 Å². The molecule has 106 valence electrons. The van der Waals surface area contributed by atoms with Gasteiger partial charge in [-0.05, 0) is 6.42 Å². The van der Waals surface area contributed by atoms with Gasteiger partial charge in [0.05, 0.1) is 6.20 Å². The molecule has 2 heterocycles. The van der Waals surface area contributed by atoms with Crippen LogP contribution in [0.3, 0.4) is 0 Å². The maximum atomic E-state index is 12.1. The van der Waals surface area contributed by atoms with Crippen LogP contribution < -0.4 is 10.7 Å². The van der Waals surface area contributed by atoms with Crippen molar-refractivity contribution in [3.63, 3.8) is 0 Å². The van der Waals surface area contributed by atoms with Gasteiger partial charge < -0.3 is 5.32 Å². The Balaban J connectivity index is 1.88. The summed E-state index contributed by atoms with van der Waals surface area (Å²) in [7, 11) is 0. The minimum atomic E-state index is -0.484. The van der Waals surface area contributed by atoms with Crippen LogP contribution in [0.5, 0.6) is 0 Å². The predicted molar refractivity (Wildman–Crippen MR) is 73.3 cm³/mol. The van der Waals surface area contributed by atoms with Crippen LogP contribution in [-0.2, 0) is 4.79 Å². The molecule has 1 atom stereocenters. The van der Waals surface area contributed by atoms with Gasteiger partial charge in [-0.3, -0.25) is 20.0 Å². The number of nitrogens with one attached hydrogen (secondary N) is 2. The predicted octanol–water partition coefficient (Wildman–Crippen LogP) is 0.293. The normalized spacial score (nSPS) is 17.2. The summed E-state index contributed by atoms with van der Waals surface area (Å²) in [5.74, 6) is -0.432. The fourth-order valence-corrected chi connectivity index (χ4v) is 1.81. The van der Waals surface area contributed by atoms with E-state index in [1.165, 1.54) is 18.6 Å². The van der Waals surface area contributed by atoms with Gasteiger partial charge in [0.1, 0.15) is 17.4 Å². The third-order valence-corrected chi connectivity index (χ3v) is 2.96. The van der Waals surface area contributed by atoms with Gasteiger partial charge in [0.15, 0.2) is 0 Å². The molecule has 0 saturated heterocycles. The van der Waals surface area contributed by atoms with E-state index in [-0.39, 0.29) is 23.8 Å². The van der Waals surface area contributed by atoms with Crippen LogP contribution in [0.2, 0.25) is 0 Å². The molecule has 1 aliphatic rings.